The summed E-state index contributed by atoms with van der Waals surface area (Å²) < 4.78 is 43.6. The van der Waals surface area contributed by atoms with Crippen molar-refractivity contribution in [2.24, 2.45) is 0 Å². The summed E-state index contributed by atoms with van der Waals surface area (Å²) >= 11 is 0. The first kappa shape index (κ1) is 17.9. The van der Waals surface area contributed by atoms with Crippen molar-refractivity contribution in [3.8, 4) is 34.1 Å². The predicted molar refractivity (Wildman–Crippen MR) is 91.7 cm³/mol. The molecule has 0 fully saturated rings. The van der Waals surface area contributed by atoms with Gasteiger partial charge in [0.15, 0.2) is 11.5 Å². The molecule has 0 saturated carbocycles. The summed E-state index contributed by atoms with van der Waals surface area (Å²) in [6, 6.07) is 8.68. The van der Waals surface area contributed by atoms with Crippen molar-refractivity contribution in [1.82, 2.24) is 0 Å². The molecule has 7 heteroatoms. The molecule has 2 aromatic rings. The fourth-order valence-electron chi connectivity index (χ4n) is 2.48. The van der Waals surface area contributed by atoms with Crippen LogP contribution in [-0.4, -0.2) is 36.0 Å². The average molecular weight is 352 g/mol. The second-order valence-corrected chi connectivity index (χ2v) is 6.72. The van der Waals surface area contributed by atoms with Gasteiger partial charge in [0.1, 0.15) is 5.75 Å². The van der Waals surface area contributed by atoms with E-state index in [1.165, 1.54) is 0 Å². The van der Waals surface area contributed by atoms with Crippen LogP contribution in [0.25, 0.3) is 11.1 Å². The summed E-state index contributed by atoms with van der Waals surface area (Å²) in [5, 5.41) is 0. The molecular weight excluding hydrogens is 332 g/mol. The predicted octanol–water partition coefficient (Wildman–Crippen LogP) is 3.03. The van der Waals surface area contributed by atoms with Crippen LogP contribution in [0, 0.1) is 6.92 Å². The van der Waals surface area contributed by atoms with Crippen molar-refractivity contribution in [3.05, 3.63) is 35.9 Å². The first-order chi connectivity index (χ1) is 11.3. The van der Waals surface area contributed by atoms with E-state index in [2.05, 4.69) is 0 Å². The maximum absolute atomic E-state index is 11.2. The maximum atomic E-state index is 11.2. The van der Waals surface area contributed by atoms with E-state index in [4.69, 9.17) is 18.4 Å². The number of hydrogen-bond donors (Lipinski definition) is 0. The lowest BCUT2D eigenvalue weighted by Gasteiger charge is -2.17. The van der Waals surface area contributed by atoms with Crippen LogP contribution < -0.4 is 18.4 Å². The molecule has 0 bridgehead atoms. The summed E-state index contributed by atoms with van der Waals surface area (Å²) in [6.45, 7) is 1.86. The third kappa shape index (κ3) is 3.73. The highest BCUT2D eigenvalue weighted by atomic mass is 32.2. The number of methoxy groups -OCH3 is 3. The van der Waals surface area contributed by atoms with Gasteiger partial charge in [-0.1, -0.05) is 6.07 Å². The fraction of sp³-hybridized carbons (Fsp3) is 0.294. The molecular formula is C17H20O6S. The van der Waals surface area contributed by atoms with Crippen molar-refractivity contribution in [3.63, 3.8) is 0 Å². The quantitative estimate of drug-likeness (QED) is 0.744. The molecule has 0 aliphatic carbocycles. The number of hydrogen-bond acceptors (Lipinski definition) is 6. The van der Waals surface area contributed by atoms with Crippen LogP contribution >= 0.6 is 0 Å². The zero-order valence-corrected chi connectivity index (χ0v) is 15.1. The van der Waals surface area contributed by atoms with Crippen molar-refractivity contribution >= 4 is 10.1 Å². The number of rotatable bonds is 6. The normalized spacial score (nSPS) is 11.0. The molecule has 2 rings (SSSR count). The molecule has 0 atom stereocenters. The van der Waals surface area contributed by atoms with Crippen LogP contribution in [0.1, 0.15) is 5.56 Å². The highest BCUT2D eigenvalue weighted by Crippen LogP contribution is 2.45. The summed E-state index contributed by atoms with van der Waals surface area (Å²) in [4.78, 5) is 0. The Morgan fingerprint density at radius 1 is 0.833 bits per heavy atom. The molecule has 0 heterocycles. The van der Waals surface area contributed by atoms with Gasteiger partial charge in [-0.2, -0.15) is 8.42 Å². The van der Waals surface area contributed by atoms with Gasteiger partial charge in [-0.25, -0.2) is 0 Å². The van der Waals surface area contributed by atoms with Gasteiger partial charge in [-0.3, -0.25) is 0 Å². The SMILES string of the molecule is COc1ccc(-c2ccc(OS(C)(=O)=O)cc2C)c(OC)c1OC. The van der Waals surface area contributed by atoms with Crippen LogP contribution in [0.4, 0.5) is 0 Å². The zero-order chi connectivity index (χ0) is 17.9. The largest absolute Gasteiger partial charge is 0.493 e. The smallest absolute Gasteiger partial charge is 0.306 e. The summed E-state index contributed by atoms with van der Waals surface area (Å²) in [6.07, 6.45) is 1.01. The highest BCUT2D eigenvalue weighted by molar-refractivity contribution is 7.86. The minimum atomic E-state index is -3.57. The van der Waals surface area contributed by atoms with Gasteiger partial charge in [0.05, 0.1) is 27.6 Å². The van der Waals surface area contributed by atoms with Crippen LogP contribution in [-0.2, 0) is 10.1 Å². The third-order valence-electron chi connectivity index (χ3n) is 3.44. The van der Waals surface area contributed by atoms with Crippen LogP contribution in [0.5, 0.6) is 23.0 Å². The topological polar surface area (TPSA) is 71.1 Å². The molecule has 0 N–H and O–H groups in total. The highest BCUT2D eigenvalue weighted by Gasteiger charge is 2.18. The minimum absolute atomic E-state index is 0.262. The molecule has 24 heavy (non-hydrogen) atoms. The lowest BCUT2D eigenvalue weighted by Crippen LogP contribution is -2.06. The van der Waals surface area contributed by atoms with E-state index in [0.29, 0.717) is 17.2 Å². The monoisotopic (exact) mass is 352 g/mol. The van der Waals surface area contributed by atoms with Gasteiger partial charge < -0.3 is 18.4 Å². The van der Waals surface area contributed by atoms with E-state index in [1.807, 2.05) is 13.0 Å². The van der Waals surface area contributed by atoms with Crippen molar-refractivity contribution in [2.45, 2.75) is 6.92 Å². The molecule has 0 spiro atoms. The molecule has 6 nitrogen and oxygen atoms in total. The van der Waals surface area contributed by atoms with Gasteiger partial charge in [0, 0.05) is 5.56 Å². The molecule has 0 unspecified atom stereocenters. The van der Waals surface area contributed by atoms with Gasteiger partial charge >= 0.3 is 10.1 Å². The summed E-state index contributed by atoms with van der Waals surface area (Å²) in [7, 11) is 1.08. The summed E-state index contributed by atoms with van der Waals surface area (Å²) in [5.41, 5.74) is 2.51. The Morgan fingerprint density at radius 3 is 1.96 bits per heavy atom. The van der Waals surface area contributed by atoms with Crippen LogP contribution in [0.15, 0.2) is 30.3 Å². The molecule has 0 radical (unpaired) electrons. The Hall–Kier alpha value is -2.41. The minimum Gasteiger partial charge on any atom is -0.493 e. The molecule has 0 aliphatic heterocycles. The van der Waals surface area contributed by atoms with E-state index < -0.39 is 10.1 Å². The molecule has 0 saturated heterocycles. The zero-order valence-electron chi connectivity index (χ0n) is 14.2. The molecule has 0 aliphatic rings. The van der Waals surface area contributed by atoms with E-state index in [-0.39, 0.29) is 5.75 Å². The van der Waals surface area contributed by atoms with E-state index in [1.54, 1.807) is 45.6 Å². The lowest BCUT2D eigenvalue weighted by atomic mass is 9.98. The lowest BCUT2D eigenvalue weighted by molar-refractivity contribution is 0.325. The number of aryl methyl sites for hydroxylation is 1. The van der Waals surface area contributed by atoms with Gasteiger partial charge in [-0.05, 0) is 42.3 Å². The van der Waals surface area contributed by atoms with Crippen LogP contribution in [0.3, 0.4) is 0 Å². The Balaban J connectivity index is 2.56. The van der Waals surface area contributed by atoms with E-state index in [9.17, 15) is 8.42 Å². The Bertz CT molecular complexity index is 842. The van der Waals surface area contributed by atoms with Gasteiger partial charge in [0.2, 0.25) is 5.75 Å². The first-order valence-corrected chi connectivity index (χ1v) is 8.91. The fourth-order valence-corrected chi connectivity index (χ4v) is 2.93. The van der Waals surface area contributed by atoms with Gasteiger partial charge in [-0.15, -0.1) is 0 Å². The maximum Gasteiger partial charge on any atom is 0.306 e. The van der Waals surface area contributed by atoms with Crippen LogP contribution in [0.2, 0.25) is 0 Å². The standard InChI is InChI=1S/C17H20O6S/c1-11-10-12(23-24(5,18)19)6-7-13(11)14-8-9-15(20-2)17(22-4)16(14)21-3/h6-10H,1-5H3. The Labute approximate surface area is 142 Å². The summed E-state index contributed by atoms with van der Waals surface area (Å²) in [5.74, 6) is 1.86. The Kier molecular flexibility index (Phi) is 5.23. The second kappa shape index (κ2) is 7.00. The van der Waals surface area contributed by atoms with E-state index in [0.717, 1.165) is 22.9 Å². The molecule has 0 amide bonds. The third-order valence-corrected chi connectivity index (χ3v) is 3.94. The van der Waals surface area contributed by atoms with E-state index >= 15 is 0 Å². The van der Waals surface area contributed by atoms with Crippen molar-refractivity contribution in [1.29, 1.82) is 0 Å². The number of benzene rings is 2. The first-order valence-electron chi connectivity index (χ1n) is 7.10. The Morgan fingerprint density at radius 2 is 1.46 bits per heavy atom. The van der Waals surface area contributed by atoms with Gasteiger partial charge in [0.25, 0.3) is 0 Å². The van der Waals surface area contributed by atoms with Crippen molar-refractivity contribution < 1.29 is 26.8 Å². The number of ether oxygens (including phenoxy) is 3. The second-order valence-electron chi connectivity index (χ2n) is 5.15. The molecule has 2 aromatic carbocycles. The van der Waals surface area contributed by atoms with Crippen molar-refractivity contribution in [2.75, 3.05) is 27.6 Å². The molecule has 130 valence electrons. The molecule has 0 aromatic heterocycles. The average Bonchev–Trinajstić information content (AvgIpc) is 2.52.